The first-order valence-electron chi connectivity index (χ1n) is 6.27. The van der Waals surface area contributed by atoms with Crippen LogP contribution in [0.4, 0.5) is 0 Å². The Morgan fingerprint density at radius 3 is 2.40 bits per heavy atom. The van der Waals surface area contributed by atoms with Crippen LogP contribution in [-0.2, 0) is 0 Å². The first kappa shape index (κ1) is 11.0. The SMILES string of the molecule is [c]1nc2ccccc2nc1-c1ncc2ccccc2n1. The van der Waals surface area contributed by atoms with E-state index in [0.717, 1.165) is 21.9 Å². The molecule has 4 heteroatoms. The molecular weight excluding hydrogens is 248 g/mol. The molecule has 1 radical (unpaired) electrons. The third kappa shape index (κ3) is 1.78. The predicted octanol–water partition coefficient (Wildman–Crippen LogP) is 3.04. The van der Waals surface area contributed by atoms with E-state index in [1.165, 1.54) is 0 Å². The maximum atomic E-state index is 4.51. The summed E-state index contributed by atoms with van der Waals surface area (Å²) in [5.74, 6) is 0.543. The van der Waals surface area contributed by atoms with Crippen LogP contribution in [0.25, 0.3) is 33.5 Å². The fraction of sp³-hybridized carbons (Fsp3) is 0. The number of fused-ring (bicyclic) bond motifs is 2. The molecule has 0 saturated carbocycles. The molecule has 2 aromatic heterocycles. The van der Waals surface area contributed by atoms with Gasteiger partial charge in [0.2, 0.25) is 0 Å². The molecule has 0 aliphatic heterocycles. The maximum absolute atomic E-state index is 4.51. The molecular formula is C16H9N4. The Kier molecular flexibility index (Phi) is 2.39. The van der Waals surface area contributed by atoms with Crippen molar-refractivity contribution in [2.75, 3.05) is 0 Å². The minimum absolute atomic E-state index is 0.543. The van der Waals surface area contributed by atoms with Gasteiger partial charge in [-0.05, 0) is 18.2 Å². The third-order valence-electron chi connectivity index (χ3n) is 3.10. The molecule has 0 spiro atoms. The highest BCUT2D eigenvalue weighted by molar-refractivity contribution is 5.80. The standard InChI is InChI=1S/C16H9N4/c1-2-6-12-11(5-1)9-18-16(20-12)15-10-17-13-7-3-4-8-14(13)19-15/h1-9H. The fourth-order valence-corrected chi connectivity index (χ4v) is 2.10. The van der Waals surface area contributed by atoms with Gasteiger partial charge in [-0.25, -0.2) is 19.9 Å². The van der Waals surface area contributed by atoms with E-state index in [4.69, 9.17) is 0 Å². The Labute approximate surface area is 115 Å². The van der Waals surface area contributed by atoms with Crippen molar-refractivity contribution in [3.8, 4) is 11.5 Å². The zero-order valence-electron chi connectivity index (χ0n) is 10.5. The molecule has 0 saturated heterocycles. The van der Waals surface area contributed by atoms with Crippen molar-refractivity contribution in [3.05, 3.63) is 60.9 Å². The van der Waals surface area contributed by atoms with E-state index < -0.39 is 0 Å². The number of para-hydroxylation sites is 3. The van der Waals surface area contributed by atoms with Crippen molar-refractivity contribution in [1.29, 1.82) is 0 Å². The van der Waals surface area contributed by atoms with Gasteiger partial charge in [0, 0.05) is 11.6 Å². The molecule has 0 atom stereocenters. The minimum atomic E-state index is 0.543. The molecule has 0 aliphatic rings. The van der Waals surface area contributed by atoms with Gasteiger partial charge in [-0.3, -0.25) is 0 Å². The fourth-order valence-electron chi connectivity index (χ4n) is 2.10. The van der Waals surface area contributed by atoms with Crippen LogP contribution >= 0.6 is 0 Å². The minimum Gasteiger partial charge on any atom is -0.242 e. The van der Waals surface area contributed by atoms with Gasteiger partial charge in [0.25, 0.3) is 0 Å². The maximum Gasteiger partial charge on any atom is 0.181 e. The van der Waals surface area contributed by atoms with Gasteiger partial charge in [0.1, 0.15) is 11.9 Å². The van der Waals surface area contributed by atoms with Crippen molar-refractivity contribution >= 4 is 21.9 Å². The normalized spacial score (nSPS) is 11.0. The monoisotopic (exact) mass is 257 g/mol. The zero-order chi connectivity index (χ0) is 13.4. The lowest BCUT2D eigenvalue weighted by Crippen LogP contribution is -1.94. The second kappa shape index (κ2) is 4.35. The summed E-state index contributed by atoms with van der Waals surface area (Å²) in [6, 6.07) is 15.5. The molecule has 4 aromatic rings. The number of hydrogen-bond donors (Lipinski definition) is 0. The summed E-state index contributed by atoms with van der Waals surface area (Å²) in [5, 5.41) is 1.00. The van der Waals surface area contributed by atoms with E-state index in [0.29, 0.717) is 11.5 Å². The number of aromatic nitrogens is 4. The van der Waals surface area contributed by atoms with E-state index >= 15 is 0 Å². The molecule has 4 rings (SSSR count). The quantitative estimate of drug-likeness (QED) is 0.526. The highest BCUT2D eigenvalue weighted by atomic mass is 14.9. The van der Waals surface area contributed by atoms with Crippen LogP contribution < -0.4 is 0 Å². The van der Waals surface area contributed by atoms with Crippen LogP contribution in [-0.4, -0.2) is 19.9 Å². The number of rotatable bonds is 1. The second-order valence-corrected chi connectivity index (χ2v) is 4.43. The van der Waals surface area contributed by atoms with Crippen molar-refractivity contribution in [1.82, 2.24) is 19.9 Å². The Morgan fingerprint density at radius 1 is 0.750 bits per heavy atom. The molecule has 0 aliphatic carbocycles. The first-order valence-corrected chi connectivity index (χ1v) is 6.27. The molecule has 4 nitrogen and oxygen atoms in total. The molecule has 0 fully saturated rings. The van der Waals surface area contributed by atoms with Crippen LogP contribution in [0.1, 0.15) is 0 Å². The average molecular weight is 257 g/mol. The van der Waals surface area contributed by atoms with Crippen molar-refractivity contribution < 1.29 is 0 Å². The van der Waals surface area contributed by atoms with Crippen molar-refractivity contribution in [2.24, 2.45) is 0 Å². The van der Waals surface area contributed by atoms with Gasteiger partial charge in [-0.15, -0.1) is 0 Å². The molecule has 2 heterocycles. The summed E-state index contributed by atoms with van der Waals surface area (Å²) >= 11 is 0. The largest absolute Gasteiger partial charge is 0.242 e. The molecule has 0 unspecified atom stereocenters. The summed E-state index contributed by atoms with van der Waals surface area (Å²) in [7, 11) is 0. The smallest absolute Gasteiger partial charge is 0.181 e. The van der Waals surface area contributed by atoms with Crippen LogP contribution in [0, 0.1) is 6.20 Å². The second-order valence-electron chi connectivity index (χ2n) is 4.43. The lowest BCUT2D eigenvalue weighted by molar-refractivity contribution is 1.16. The summed E-state index contributed by atoms with van der Waals surface area (Å²) in [4.78, 5) is 17.6. The Bertz CT molecular complexity index is 841. The summed E-state index contributed by atoms with van der Waals surface area (Å²) in [6.45, 7) is 0. The van der Waals surface area contributed by atoms with Crippen LogP contribution in [0.3, 0.4) is 0 Å². The Hall–Kier alpha value is -2.88. The molecule has 20 heavy (non-hydrogen) atoms. The van der Waals surface area contributed by atoms with Crippen LogP contribution in [0.2, 0.25) is 0 Å². The predicted molar refractivity (Wildman–Crippen MR) is 76.9 cm³/mol. The Morgan fingerprint density at radius 2 is 1.50 bits per heavy atom. The summed E-state index contributed by atoms with van der Waals surface area (Å²) in [5.41, 5.74) is 3.09. The molecule has 0 amide bonds. The highest BCUT2D eigenvalue weighted by Crippen LogP contribution is 2.17. The van der Waals surface area contributed by atoms with E-state index in [9.17, 15) is 0 Å². The molecule has 2 aromatic carbocycles. The number of nitrogens with zero attached hydrogens (tertiary/aromatic N) is 4. The van der Waals surface area contributed by atoms with Gasteiger partial charge in [-0.1, -0.05) is 30.3 Å². The van der Waals surface area contributed by atoms with Gasteiger partial charge < -0.3 is 0 Å². The van der Waals surface area contributed by atoms with E-state index in [1.54, 1.807) is 6.20 Å². The van der Waals surface area contributed by atoms with E-state index in [2.05, 4.69) is 26.1 Å². The Balaban J connectivity index is 1.91. The number of benzene rings is 2. The van der Waals surface area contributed by atoms with Gasteiger partial charge in [-0.2, -0.15) is 0 Å². The van der Waals surface area contributed by atoms with Crippen molar-refractivity contribution in [2.45, 2.75) is 0 Å². The average Bonchev–Trinajstić information content (AvgIpc) is 2.54. The third-order valence-corrected chi connectivity index (χ3v) is 3.10. The molecule has 93 valence electrons. The van der Waals surface area contributed by atoms with Crippen molar-refractivity contribution in [3.63, 3.8) is 0 Å². The van der Waals surface area contributed by atoms with Gasteiger partial charge in [0.15, 0.2) is 5.82 Å². The van der Waals surface area contributed by atoms with Gasteiger partial charge in [0.05, 0.1) is 16.6 Å². The highest BCUT2D eigenvalue weighted by Gasteiger charge is 2.06. The lowest BCUT2D eigenvalue weighted by Gasteiger charge is -2.02. The van der Waals surface area contributed by atoms with E-state index in [1.807, 2.05) is 48.5 Å². The lowest BCUT2D eigenvalue weighted by atomic mass is 10.2. The van der Waals surface area contributed by atoms with Gasteiger partial charge >= 0.3 is 0 Å². The first-order chi connectivity index (χ1) is 9.90. The van der Waals surface area contributed by atoms with E-state index in [-0.39, 0.29) is 0 Å². The van der Waals surface area contributed by atoms with Crippen LogP contribution in [0.5, 0.6) is 0 Å². The number of hydrogen-bond acceptors (Lipinski definition) is 4. The molecule has 0 N–H and O–H groups in total. The zero-order valence-corrected chi connectivity index (χ0v) is 10.5. The van der Waals surface area contributed by atoms with Crippen LogP contribution in [0.15, 0.2) is 54.7 Å². The topological polar surface area (TPSA) is 51.6 Å². The molecule has 0 bridgehead atoms. The summed E-state index contributed by atoms with van der Waals surface area (Å²) < 4.78 is 0. The summed E-state index contributed by atoms with van der Waals surface area (Å²) in [6.07, 6.45) is 4.70.